The molecule has 0 aliphatic carbocycles. The van der Waals surface area contributed by atoms with Gasteiger partial charge in [-0.25, -0.2) is 0 Å². The van der Waals surface area contributed by atoms with Crippen LogP contribution in [0.15, 0.2) is 0 Å². The highest BCUT2D eigenvalue weighted by Crippen LogP contribution is 2.22. The normalized spacial score (nSPS) is 16.9. The summed E-state index contributed by atoms with van der Waals surface area (Å²) in [5, 5.41) is 0. The molecule has 1 atom stereocenters. The molecule has 0 N–H and O–H groups in total. The van der Waals surface area contributed by atoms with Gasteiger partial charge in [0.05, 0.1) is 0 Å². The van der Waals surface area contributed by atoms with Gasteiger partial charge < -0.3 is 0 Å². The molecular weight excluding hydrogens is 132 g/mol. The van der Waals surface area contributed by atoms with Gasteiger partial charge in [-0.3, -0.25) is 0 Å². The lowest BCUT2D eigenvalue weighted by Gasteiger charge is -2.16. The van der Waals surface area contributed by atoms with Crippen LogP contribution in [0.5, 0.6) is 0 Å². The van der Waals surface area contributed by atoms with Crippen LogP contribution in [-0.2, 0) is 0 Å². The molecule has 0 aliphatic rings. The largest absolute Gasteiger partial charge is 0.118 e. The van der Waals surface area contributed by atoms with E-state index in [4.69, 9.17) is 18.0 Å². The first-order chi connectivity index (χ1) is 3.98. The number of rotatable bonds is 2. The van der Waals surface area contributed by atoms with Crippen molar-refractivity contribution in [2.24, 2.45) is 5.92 Å². The fourth-order valence-corrected chi connectivity index (χ4v) is 1.13. The van der Waals surface area contributed by atoms with E-state index in [2.05, 4.69) is 19.8 Å². The number of hydrogen-bond acceptors (Lipinski definition) is 0. The fraction of sp³-hybridized carbons (Fsp3) is 0.750. The maximum atomic E-state index is 5.88. The molecule has 0 rings (SSSR count). The summed E-state index contributed by atoms with van der Waals surface area (Å²) >= 11 is 5.88. The Morgan fingerprint density at radius 2 is 2.11 bits per heavy atom. The lowest BCUT2D eigenvalue weighted by atomic mass is 9.99. The molecule has 1 heteroatoms. The van der Waals surface area contributed by atoms with Crippen molar-refractivity contribution in [2.45, 2.75) is 32.1 Å². The highest BCUT2D eigenvalue weighted by molar-refractivity contribution is 6.25. The number of alkyl halides is 1. The molecule has 0 aromatic carbocycles. The van der Waals surface area contributed by atoms with Crippen LogP contribution in [0.25, 0.3) is 0 Å². The molecule has 0 aromatic rings. The van der Waals surface area contributed by atoms with Crippen molar-refractivity contribution in [3.63, 3.8) is 0 Å². The lowest BCUT2D eigenvalue weighted by Crippen LogP contribution is -2.15. The molecule has 52 valence electrons. The molecule has 0 spiro atoms. The van der Waals surface area contributed by atoms with E-state index in [9.17, 15) is 0 Å². The van der Waals surface area contributed by atoms with Crippen LogP contribution in [0.2, 0.25) is 0 Å². The van der Waals surface area contributed by atoms with Crippen LogP contribution in [0.3, 0.4) is 0 Å². The van der Waals surface area contributed by atoms with Crippen molar-refractivity contribution in [1.29, 1.82) is 0 Å². The maximum absolute atomic E-state index is 5.88. The number of hydrogen-bond donors (Lipinski definition) is 0. The maximum Gasteiger partial charge on any atom is 0.102 e. The molecule has 0 saturated carbocycles. The number of halogens is 1. The zero-order valence-corrected chi connectivity index (χ0v) is 7.00. The monoisotopic (exact) mass is 144 g/mol. The van der Waals surface area contributed by atoms with E-state index < -0.39 is 4.87 Å². The highest BCUT2D eigenvalue weighted by Gasteiger charge is 2.17. The summed E-state index contributed by atoms with van der Waals surface area (Å²) < 4.78 is 0. The third-order valence-electron chi connectivity index (χ3n) is 1.09. The average Bonchev–Trinajstić information content (AvgIpc) is 1.63. The Morgan fingerprint density at radius 1 is 1.67 bits per heavy atom. The molecule has 0 radical (unpaired) electrons. The Bertz CT molecular complexity index is 117. The summed E-state index contributed by atoms with van der Waals surface area (Å²) in [7, 11) is 0. The minimum Gasteiger partial charge on any atom is -0.118 e. The predicted molar refractivity (Wildman–Crippen MR) is 42.5 cm³/mol. The lowest BCUT2D eigenvalue weighted by molar-refractivity contribution is 0.535. The zero-order chi connectivity index (χ0) is 7.49. The van der Waals surface area contributed by atoms with Crippen molar-refractivity contribution in [2.75, 3.05) is 0 Å². The van der Waals surface area contributed by atoms with E-state index in [-0.39, 0.29) is 0 Å². The van der Waals surface area contributed by atoms with Crippen LogP contribution in [-0.4, -0.2) is 4.87 Å². The van der Waals surface area contributed by atoms with E-state index in [0.29, 0.717) is 5.92 Å². The molecule has 1 unspecified atom stereocenters. The van der Waals surface area contributed by atoms with E-state index >= 15 is 0 Å². The summed E-state index contributed by atoms with van der Waals surface area (Å²) in [6, 6.07) is 0. The van der Waals surface area contributed by atoms with Crippen LogP contribution < -0.4 is 0 Å². The van der Waals surface area contributed by atoms with Gasteiger partial charge in [0.1, 0.15) is 4.87 Å². The van der Waals surface area contributed by atoms with Crippen molar-refractivity contribution < 1.29 is 0 Å². The van der Waals surface area contributed by atoms with Gasteiger partial charge in [0, 0.05) is 0 Å². The van der Waals surface area contributed by atoms with E-state index in [1.54, 1.807) is 0 Å². The van der Waals surface area contributed by atoms with Gasteiger partial charge in [-0.2, -0.15) is 0 Å². The van der Waals surface area contributed by atoms with Gasteiger partial charge in [-0.15, -0.1) is 18.0 Å². The highest BCUT2D eigenvalue weighted by atomic mass is 35.5. The summed E-state index contributed by atoms with van der Waals surface area (Å²) in [6.45, 7) is 6.09. The van der Waals surface area contributed by atoms with Gasteiger partial charge >= 0.3 is 0 Å². The van der Waals surface area contributed by atoms with E-state index in [1.807, 2.05) is 6.92 Å². The van der Waals surface area contributed by atoms with E-state index in [0.717, 1.165) is 6.42 Å². The van der Waals surface area contributed by atoms with Gasteiger partial charge in [0.15, 0.2) is 0 Å². The topological polar surface area (TPSA) is 0 Å². The molecule has 9 heavy (non-hydrogen) atoms. The SMILES string of the molecule is C#CC(C)(Cl)CC(C)C. The molecule has 0 aromatic heterocycles. The molecule has 0 fully saturated rings. The molecular formula is C8H13Cl. The zero-order valence-electron chi connectivity index (χ0n) is 6.24. The molecule has 0 bridgehead atoms. The van der Waals surface area contributed by atoms with Gasteiger partial charge in [-0.05, 0) is 19.3 Å². The van der Waals surface area contributed by atoms with E-state index in [1.165, 1.54) is 0 Å². The van der Waals surface area contributed by atoms with Crippen molar-refractivity contribution in [1.82, 2.24) is 0 Å². The van der Waals surface area contributed by atoms with Gasteiger partial charge in [-0.1, -0.05) is 19.8 Å². The second-order valence-electron chi connectivity index (χ2n) is 2.94. The summed E-state index contributed by atoms with van der Waals surface area (Å²) in [5.41, 5.74) is 0. The number of terminal acetylenes is 1. The molecule has 0 saturated heterocycles. The second-order valence-corrected chi connectivity index (χ2v) is 3.77. The Kier molecular flexibility index (Phi) is 3.08. The quantitative estimate of drug-likeness (QED) is 0.413. The van der Waals surface area contributed by atoms with Crippen molar-refractivity contribution in [3.8, 4) is 12.3 Å². The van der Waals surface area contributed by atoms with Gasteiger partial charge in [0.25, 0.3) is 0 Å². The Morgan fingerprint density at radius 3 is 2.22 bits per heavy atom. The first-order valence-electron chi connectivity index (χ1n) is 3.14. The smallest absolute Gasteiger partial charge is 0.102 e. The molecule has 0 heterocycles. The minimum atomic E-state index is -0.436. The minimum absolute atomic E-state index is 0.436. The summed E-state index contributed by atoms with van der Waals surface area (Å²) in [5.74, 6) is 3.11. The summed E-state index contributed by atoms with van der Waals surface area (Å²) in [6.07, 6.45) is 6.05. The van der Waals surface area contributed by atoms with Crippen molar-refractivity contribution in [3.05, 3.63) is 0 Å². The van der Waals surface area contributed by atoms with Crippen LogP contribution in [0.1, 0.15) is 27.2 Å². The van der Waals surface area contributed by atoms with Crippen molar-refractivity contribution >= 4 is 11.6 Å². The van der Waals surface area contributed by atoms with Crippen LogP contribution in [0.4, 0.5) is 0 Å². The molecule has 0 aliphatic heterocycles. The first-order valence-corrected chi connectivity index (χ1v) is 3.52. The Hall–Kier alpha value is -0.150. The van der Waals surface area contributed by atoms with Crippen LogP contribution in [0, 0.1) is 18.3 Å². The van der Waals surface area contributed by atoms with Gasteiger partial charge in [0.2, 0.25) is 0 Å². The predicted octanol–water partition coefficient (Wildman–Crippen LogP) is 2.66. The Labute approximate surface area is 62.6 Å². The molecule has 0 nitrogen and oxygen atoms in total. The van der Waals surface area contributed by atoms with Crippen LogP contribution >= 0.6 is 11.6 Å². The molecule has 0 amide bonds. The Balaban J connectivity index is 3.76. The third kappa shape index (κ3) is 4.36. The second kappa shape index (κ2) is 3.13. The standard InChI is InChI=1S/C8H13Cl/c1-5-8(4,9)6-7(2)3/h1,7H,6H2,2-4H3. The average molecular weight is 145 g/mol. The first kappa shape index (κ1) is 8.85. The fourth-order valence-electron chi connectivity index (χ4n) is 0.826. The summed E-state index contributed by atoms with van der Waals surface area (Å²) in [4.78, 5) is -0.436. The third-order valence-corrected chi connectivity index (χ3v) is 1.36.